The molecule has 2 amide bonds. The largest absolute Gasteiger partial charge is 0.462 e. The number of hydrogen-bond donors (Lipinski definition) is 0. The third-order valence-electron chi connectivity index (χ3n) is 2.72. The maximum absolute atomic E-state index is 13.6. The molecule has 0 unspecified atom stereocenters. The molecule has 1 aromatic carbocycles. The van der Waals surface area contributed by atoms with E-state index in [9.17, 15) is 18.8 Å². The Morgan fingerprint density at radius 3 is 2.68 bits per heavy atom. The van der Waals surface area contributed by atoms with Crippen molar-refractivity contribution in [2.24, 2.45) is 0 Å². The molecular formula is C15H14FNO4S. The third kappa shape index (κ3) is 3.73. The maximum Gasteiger partial charge on any atom is 0.326 e. The first kappa shape index (κ1) is 16.2. The summed E-state index contributed by atoms with van der Waals surface area (Å²) in [5.74, 6) is -1.78. The SMILES string of the molecule is CC(C)OC(=O)CN1C(=O)S/C(=C/c2ccccc2F)C1=O. The van der Waals surface area contributed by atoms with Crippen LogP contribution in [-0.4, -0.2) is 34.7 Å². The van der Waals surface area contributed by atoms with Gasteiger partial charge in [0.05, 0.1) is 11.0 Å². The number of esters is 1. The molecule has 5 nitrogen and oxygen atoms in total. The van der Waals surface area contributed by atoms with Crippen LogP contribution < -0.4 is 0 Å². The van der Waals surface area contributed by atoms with Crippen LogP contribution >= 0.6 is 11.8 Å². The van der Waals surface area contributed by atoms with E-state index in [1.165, 1.54) is 24.3 Å². The van der Waals surface area contributed by atoms with Crippen LogP contribution in [0.25, 0.3) is 6.08 Å². The molecule has 1 fully saturated rings. The van der Waals surface area contributed by atoms with Gasteiger partial charge in [-0.3, -0.25) is 19.3 Å². The molecule has 1 heterocycles. The van der Waals surface area contributed by atoms with Crippen LogP contribution in [0.5, 0.6) is 0 Å². The molecule has 116 valence electrons. The highest BCUT2D eigenvalue weighted by atomic mass is 32.2. The second-order valence-corrected chi connectivity index (χ2v) is 5.82. The molecular weight excluding hydrogens is 309 g/mol. The van der Waals surface area contributed by atoms with E-state index in [0.717, 1.165) is 4.90 Å². The van der Waals surface area contributed by atoms with Gasteiger partial charge in [0, 0.05) is 5.56 Å². The standard InChI is InChI=1S/C15H14FNO4S/c1-9(2)21-13(18)8-17-14(19)12(22-15(17)20)7-10-5-3-4-6-11(10)16/h3-7,9H,8H2,1-2H3/b12-7+. The maximum atomic E-state index is 13.6. The summed E-state index contributed by atoms with van der Waals surface area (Å²) in [7, 11) is 0. The minimum absolute atomic E-state index is 0.0763. The highest BCUT2D eigenvalue weighted by molar-refractivity contribution is 8.18. The monoisotopic (exact) mass is 323 g/mol. The van der Waals surface area contributed by atoms with E-state index in [1.54, 1.807) is 19.9 Å². The molecule has 1 aromatic rings. The second-order valence-electron chi connectivity index (χ2n) is 4.83. The number of thioether (sulfide) groups is 1. The zero-order chi connectivity index (χ0) is 16.3. The number of ether oxygens (including phenoxy) is 1. The summed E-state index contributed by atoms with van der Waals surface area (Å²) in [6, 6.07) is 5.91. The van der Waals surface area contributed by atoms with Gasteiger partial charge in [0.15, 0.2) is 0 Å². The van der Waals surface area contributed by atoms with E-state index in [1.807, 2.05) is 0 Å². The summed E-state index contributed by atoms with van der Waals surface area (Å²) < 4.78 is 18.5. The Bertz CT molecular complexity index is 657. The predicted molar refractivity (Wildman–Crippen MR) is 80.3 cm³/mol. The Kier molecular flexibility index (Phi) is 4.97. The molecule has 0 aromatic heterocycles. The first-order valence-corrected chi connectivity index (χ1v) is 7.39. The van der Waals surface area contributed by atoms with Crippen molar-refractivity contribution < 1.29 is 23.5 Å². The number of amides is 2. The lowest BCUT2D eigenvalue weighted by molar-refractivity contribution is -0.149. The molecule has 0 radical (unpaired) electrons. The minimum atomic E-state index is -0.663. The van der Waals surface area contributed by atoms with Gasteiger partial charge in [-0.05, 0) is 37.8 Å². The van der Waals surface area contributed by atoms with E-state index in [4.69, 9.17) is 4.74 Å². The zero-order valence-corrected chi connectivity index (χ0v) is 12.9. The normalized spacial score (nSPS) is 16.7. The Morgan fingerprint density at radius 1 is 1.36 bits per heavy atom. The Hall–Kier alpha value is -2.15. The molecule has 0 atom stereocenters. The first-order chi connectivity index (χ1) is 10.4. The van der Waals surface area contributed by atoms with Crippen LogP contribution in [0.15, 0.2) is 29.2 Å². The molecule has 1 aliphatic rings. The number of halogens is 1. The Labute approximate surface area is 131 Å². The van der Waals surface area contributed by atoms with E-state index >= 15 is 0 Å². The van der Waals surface area contributed by atoms with Crippen LogP contribution in [-0.2, 0) is 14.3 Å². The van der Waals surface area contributed by atoms with E-state index in [0.29, 0.717) is 11.8 Å². The van der Waals surface area contributed by atoms with Crippen molar-refractivity contribution in [1.82, 2.24) is 4.90 Å². The first-order valence-electron chi connectivity index (χ1n) is 6.58. The molecule has 1 saturated heterocycles. The van der Waals surface area contributed by atoms with Crippen molar-refractivity contribution in [3.05, 3.63) is 40.6 Å². The van der Waals surface area contributed by atoms with E-state index in [2.05, 4.69) is 0 Å². The molecule has 0 bridgehead atoms. The van der Waals surface area contributed by atoms with Crippen LogP contribution in [0.4, 0.5) is 9.18 Å². The summed E-state index contributed by atoms with van der Waals surface area (Å²) >= 11 is 0.670. The molecule has 1 aliphatic heterocycles. The van der Waals surface area contributed by atoms with Gasteiger partial charge in [0.25, 0.3) is 11.1 Å². The highest BCUT2D eigenvalue weighted by Crippen LogP contribution is 2.32. The second kappa shape index (κ2) is 6.74. The quantitative estimate of drug-likeness (QED) is 0.630. The lowest BCUT2D eigenvalue weighted by Crippen LogP contribution is -2.35. The lowest BCUT2D eigenvalue weighted by Gasteiger charge is -2.13. The number of hydrogen-bond acceptors (Lipinski definition) is 5. The minimum Gasteiger partial charge on any atom is -0.462 e. The van der Waals surface area contributed by atoms with Crippen LogP contribution in [0.1, 0.15) is 19.4 Å². The van der Waals surface area contributed by atoms with E-state index in [-0.39, 0.29) is 16.6 Å². The van der Waals surface area contributed by atoms with Gasteiger partial charge >= 0.3 is 5.97 Å². The number of benzene rings is 1. The van der Waals surface area contributed by atoms with Crippen molar-refractivity contribution >= 4 is 35.0 Å². The van der Waals surface area contributed by atoms with Gasteiger partial charge < -0.3 is 4.74 Å². The molecule has 0 spiro atoms. The van der Waals surface area contributed by atoms with Gasteiger partial charge in [0.2, 0.25) is 0 Å². The number of imide groups is 1. The highest BCUT2D eigenvalue weighted by Gasteiger charge is 2.36. The van der Waals surface area contributed by atoms with Crippen LogP contribution in [0.2, 0.25) is 0 Å². The summed E-state index contributed by atoms with van der Waals surface area (Å²) in [4.78, 5) is 36.4. The lowest BCUT2D eigenvalue weighted by atomic mass is 10.2. The smallest absolute Gasteiger partial charge is 0.326 e. The van der Waals surface area contributed by atoms with Gasteiger partial charge in [-0.25, -0.2) is 4.39 Å². The fourth-order valence-corrected chi connectivity index (χ4v) is 2.63. The van der Waals surface area contributed by atoms with Crippen molar-refractivity contribution in [3.8, 4) is 0 Å². The molecule has 2 rings (SSSR count). The molecule has 0 aliphatic carbocycles. The van der Waals surface area contributed by atoms with E-state index < -0.39 is 29.5 Å². The van der Waals surface area contributed by atoms with Crippen LogP contribution in [0.3, 0.4) is 0 Å². The summed E-state index contributed by atoms with van der Waals surface area (Å²) in [5.41, 5.74) is 0.206. The summed E-state index contributed by atoms with van der Waals surface area (Å²) in [6.45, 7) is 2.89. The van der Waals surface area contributed by atoms with Gasteiger partial charge in [-0.1, -0.05) is 18.2 Å². The topological polar surface area (TPSA) is 63.7 Å². The van der Waals surface area contributed by atoms with Crippen molar-refractivity contribution in [1.29, 1.82) is 0 Å². The van der Waals surface area contributed by atoms with Crippen molar-refractivity contribution in [2.45, 2.75) is 20.0 Å². The number of carbonyl (C=O) groups excluding carboxylic acids is 3. The Balaban J connectivity index is 2.15. The van der Waals surface area contributed by atoms with Gasteiger partial charge in [0.1, 0.15) is 12.4 Å². The number of carbonyl (C=O) groups is 3. The van der Waals surface area contributed by atoms with Crippen molar-refractivity contribution in [2.75, 3.05) is 6.54 Å². The number of nitrogens with zero attached hydrogens (tertiary/aromatic N) is 1. The average Bonchev–Trinajstić information content (AvgIpc) is 2.68. The fraction of sp³-hybridized carbons (Fsp3) is 0.267. The molecule has 7 heteroatoms. The molecule has 22 heavy (non-hydrogen) atoms. The Morgan fingerprint density at radius 2 is 2.05 bits per heavy atom. The average molecular weight is 323 g/mol. The zero-order valence-electron chi connectivity index (χ0n) is 12.0. The predicted octanol–water partition coefficient (Wildman–Crippen LogP) is 2.81. The number of rotatable bonds is 4. The molecule has 0 saturated carbocycles. The van der Waals surface area contributed by atoms with Crippen LogP contribution in [0, 0.1) is 5.82 Å². The summed E-state index contributed by atoms with van der Waals surface area (Å²) in [5, 5.41) is -0.576. The van der Waals surface area contributed by atoms with Gasteiger partial charge in [-0.15, -0.1) is 0 Å². The summed E-state index contributed by atoms with van der Waals surface area (Å²) in [6.07, 6.45) is 0.968. The van der Waals surface area contributed by atoms with Gasteiger partial charge in [-0.2, -0.15) is 0 Å². The third-order valence-corrected chi connectivity index (χ3v) is 3.63. The van der Waals surface area contributed by atoms with Crippen molar-refractivity contribution in [3.63, 3.8) is 0 Å². The fourth-order valence-electron chi connectivity index (χ4n) is 1.80. The molecule has 0 N–H and O–H groups in total.